The highest BCUT2D eigenvalue weighted by Crippen LogP contribution is 2.31. The van der Waals surface area contributed by atoms with Gasteiger partial charge in [0.05, 0.1) is 6.61 Å². The van der Waals surface area contributed by atoms with Crippen molar-refractivity contribution < 1.29 is 19.1 Å². The van der Waals surface area contributed by atoms with E-state index in [0.717, 1.165) is 43.6 Å². The summed E-state index contributed by atoms with van der Waals surface area (Å²) in [6.07, 6.45) is 5.82. The Balaban J connectivity index is 1.46. The Bertz CT molecular complexity index is 1050. The number of anilines is 1. The second-order valence-electron chi connectivity index (χ2n) is 7.67. The van der Waals surface area contributed by atoms with Crippen molar-refractivity contribution in [2.45, 2.75) is 32.6 Å². The number of hydrogen-bond donors (Lipinski definition) is 1. The quantitative estimate of drug-likeness (QED) is 0.662. The van der Waals surface area contributed by atoms with Gasteiger partial charge in [0.25, 0.3) is 11.8 Å². The van der Waals surface area contributed by atoms with Gasteiger partial charge in [0, 0.05) is 18.7 Å². The van der Waals surface area contributed by atoms with E-state index < -0.39 is 0 Å². The van der Waals surface area contributed by atoms with Crippen molar-refractivity contribution in [2.24, 2.45) is 4.99 Å². The number of amides is 2. The summed E-state index contributed by atoms with van der Waals surface area (Å²) in [4.78, 5) is 31.3. The Labute approximate surface area is 187 Å². The first-order valence-corrected chi connectivity index (χ1v) is 11.0. The van der Waals surface area contributed by atoms with E-state index in [9.17, 15) is 9.59 Å². The highest BCUT2D eigenvalue weighted by molar-refractivity contribution is 6.14. The molecular weight excluding hydrogens is 406 g/mol. The van der Waals surface area contributed by atoms with E-state index in [1.165, 1.54) is 0 Å². The monoisotopic (exact) mass is 433 g/mol. The van der Waals surface area contributed by atoms with E-state index in [4.69, 9.17) is 9.47 Å². The Hall–Kier alpha value is -3.61. The number of rotatable bonds is 7. The maximum Gasteiger partial charge on any atom is 0.277 e. The molecule has 0 aromatic heterocycles. The zero-order valence-corrected chi connectivity index (χ0v) is 18.2. The molecule has 1 N–H and O–H groups in total. The minimum atomic E-state index is -0.259. The average Bonchev–Trinajstić information content (AvgIpc) is 2.94. The molecule has 2 aliphatic rings. The van der Waals surface area contributed by atoms with Crippen molar-refractivity contribution >= 4 is 29.4 Å². The molecule has 0 spiro atoms. The summed E-state index contributed by atoms with van der Waals surface area (Å²) in [6.45, 7) is 2.92. The van der Waals surface area contributed by atoms with Crippen molar-refractivity contribution in [1.29, 1.82) is 0 Å². The fourth-order valence-electron chi connectivity index (χ4n) is 3.77. The van der Waals surface area contributed by atoms with Gasteiger partial charge in [-0.2, -0.15) is 0 Å². The van der Waals surface area contributed by atoms with Crippen molar-refractivity contribution in [3.05, 3.63) is 59.8 Å². The third-order valence-electron chi connectivity index (χ3n) is 5.29. The summed E-state index contributed by atoms with van der Waals surface area (Å²) < 4.78 is 11.4. The number of nitrogens with one attached hydrogen (secondary N) is 1. The van der Waals surface area contributed by atoms with Crippen LogP contribution in [0, 0.1) is 0 Å². The summed E-state index contributed by atoms with van der Waals surface area (Å²) in [5, 5.41) is 2.79. The minimum Gasteiger partial charge on any atom is -0.490 e. The van der Waals surface area contributed by atoms with E-state index in [1.54, 1.807) is 23.1 Å². The van der Waals surface area contributed by atoms with Crippen molar-refractivity contribution in [3.63, 3.8) is 0 Å². The first kappa shape index (κ1) is 21.6. The van der Waals surface area contributed by atoms with Crippen LogP contribution in [0.1, 0.15) is 38.2 Å². The zero-order valence-electron chi connectivity index (χ0n) is 18.2. The molecule has 166 valence electrons. The second kappa shape index (κ2) is 10.1. The average molecular weight is 434 g/mol. The lowest BCUT2D eigenvalue weighted by Gasteiger charge is -2.14. The third-order valence-corrected chi connectivity index (χ3v) is 5.29. The van der Waals surface area contributed by atoms with Crippen molar-refractivity contribution in [1.82, 2.24) is 4.90 Å². The fourth-order valence-corrected chi connectivity index (χ4v) is 3.77. The third kappa shape index (κ3) is 5.17. The highest BCUT2D eigenvalue weighted by Gasteiger charge is 2.30. The molecule has 32 heavy (non-hydrogen) atoms. The molecule has 1 fully saturated rings. The molecule has 2 amide bonds. The van der Waals surface area contributed by atoms with Crippen LogP contribution in [-0.4, -0.2) is 42.3 Å². The Kier molecular flexibility index (Phi) is 6.84. The molecule has 0 aliphatic carbocycles. The molecule has 0 saturated carbocycles. The molecular formula is C25H27N3O4. The molecule has 2 aromatic rings. The van der Waals surface area contributed by atoms with Gasteiger partial charge in [0.15, 0.2) is 18.1 Å². The van der Waals surface area contributed by atoms with Gasteiger partial charge < -0.3 is 14.8 Å². The first-order valence-electron chi connectivity index (χ1n) is 11.0. The lowest BCUT2D eigenvalue weighted by molar-refractivity contribution is -0.122. The van der Waals surface area contributed by atoms with Crippen LogP contribution in [0.2, 0.25) is 0 Å². The van der Waals surface area contributed by atoms with Gasteiger partial charge in [0.2, 0.25) is 0 Å². The summed E-state index contributed by atoms with van der Waals surface area (Å²) in [7, 11) is 0. The number of amidine groups is 1. The predicted molar refractivity (Wildman–Crippen MR) is 124 cm³/mol. The molecule has 0 unspecified atom stereocenters. The summed E-state index contributed by atoms with van der Waals surface area (Å²) in [6, 6.07) is 14.6. The van der Waals surface area contributed by atoms with E-state index in [1.807, 2.05) is 43.3 Å². The summed E-state index contributed by atoms with van der Waals surface area (Å²) in [5.41, 5.74) is 1.95. The number of carbonyl (C=O) groups is 2. The molecule has 0 radical (unpaired) electrons. The maximum absolute atomic E-state index is 12.7. The fraction of sp³-hybridized carbons (Fsp3) is 0.320. The maximum atomic E-state index is 12.7. The molecule has 1 saturated heterocycles. The summed E-state index contributed by atoms with van der Waals surface area (Å²) in [5.74, 6) is 1.55. The van der Waals surface area contributed by atoms with Crippen LogP contribution in [0.4, 0.5) is 5.69 Å². The summed E-state index contributed by atoms with van der Waals surface area (Å²) >= 11 is 0. The van der Waals surface area contributed by atoms with Gasteiger partial charge in [0.1, 0.15) is 11.5 Å². The van der Waals surface area contributed by atoms with Crippen molar-refractivity contribution in [2.75, 3.05) is 25.1 Å². The second-order valence-corrected chi connectivity index (χ2v) is 7.67. The van der Waals surface area contributed by atoms with Crippen LogP contribution < -0.4 is 14.8 Å². The molecule has 2 aromatic carbocycles. The number of aliphatic imine (C=N–C) groups is 1. The van der Waals surface area contributed by atoms with Gasteiger partial charge in [-0.1, -0.05) is 30.7 Å². The molecule has 4 rings (SSSR count). The van der Waals surface area contributed by atoms with Crippen LogP contribution in [0.5, 0.6) is 11.5 Å². The number of fused-ring (bicyclic) bond motifs is 1. The van der Waals surface area contributed by atoms with Crippen LogP contribution in [0.25, 0.3) is 6.08 Å². The number of hydrogen-bond acceptors (Lipinski definition) is 5. The van der Waals surface area contributed by atoms with Crippen molar-refractivity contribution in [3.8, 4) is 11.5 Å². The molecule has 2 aliphatic heterocycles. The highest BCUT2D eigenvalue weighted by atomic mass is 16.5. The van der Waals surface area contributed by atoms with E-state index in [-0.39, 0.29) is 18.4 Å². The lowest BCUT2D eigenvalue weighted by atomic mass is 10.1. The SMILES string of the molecule is CCOc1cc(C=C2N=C3CCCCCN3C2=O)ccc1OCC(=O)Nc1ccccc1. The van der Waals surface area contributed by atoms with Gasteiger partial charge in [-0.25, -0.2) is 4.99 Å². The number of carbonyl (C=O) groups excluding carboxylic acids is 2. The van der Waals surface area contributed by atoms with Gasteiger partial charge >= 0.3 is 0 Å². The number of ether oxygens (including phenoxy) is 2. The van der Waals surface area contributed by atoms with Gasteiger partial charge in [-0.15, -0.1) is 0 Å². The van der Waals surface area contributed by atoms with Crippen LogP contribution >= 0.6 is 0 Å². The number of nitrogens with zero attached hydrogens (tertiary/aromatic N) is 2. The van der Waals surface area contributed by atoms with Crippen LogP contribution in [0.15, 0.2) is 59.2 Å². The Morgan fingerprint density at radius 2 is 1.94 bits per heavy atom. The molecule has 7 heteroatoms. The number of para-hydroxylation sites is 1. The molecule has 7 nitrogen and oxygen atoms in total. The van der Waals surface area contributed by atoms with Crippen LogP contribution in [0.3, 0.4) is 0 Å². The standard InChI is InChI=1S/C25H27N3O4/c1-2-31-22-16-18(15-20-25(30)28-14-8-4-7-11-23(28)27-20)12-13-21(22)32-17-24(29)26-19-9-5-3-6-10-19/h3,5-6,9-10,12-13,15-16H,2,4,7-8,11,14,17H2,1H3,(H,26,29). The molecule has 0 bridgehead atoms. The normalized spacial score (nSPS) is 16.9. The smallest absolute Gasteiger partial charge is 0.277 e. The Morgan fingerprint density at radius 1 is 1.09 bits per heavy atom. The lowest BCUT2D eigenvalue weighted by Crippen LogP contribution is -2.31. The van der Waals surface area contributed by atoms with E-state index in [2.05, 4.69) is 10.3 Å². The molecule has 0 atom stereocenters. The number of benzene rings is 2. The topological polar surface area (TPSA) is 80.2 Å². The van der Waals surface area contributed by atoms with E-state index >= 15 is 0 Å². The minimum absolute atomic E-state index is 0.0437. The van der Waals surface area contributed by atoms with Gasteiger partial charge in [-0.3, -0.25) is 14.5 Å². The zero-order chi connectivity index (χ0) is 22.3. The first-order chi connectivity index (χ1) is 15.6. The molecule has 2 heterocycles. The largest absolute Gasteiger partial charge is 0.490 e. The Morgan fingerprint density at radius 3 is 2.75 bits per heavy atom. The van der Waals surface area contributed by atoms with E-state index in [0.29, 0.717) is 29.5 Å². The van der Waals surface area contributed by atoms with Gasteiger partial charge in [-0.05, 0) is 55.7 Å². The van der Waals surface area contributed by atoms with Crippen LogP contribution in [-0.2, 0) is 9.59 Å². The predicted octanol–water partition coefficient (Wildman–Crippen LogP) is 4.26.